The largest absolute Gasteiger partial charge is 0.378 e. The van der Waals surface area contributed by atoms with Crippen molar-refractivity contribution in [2.24, 2.45) is 0 Å². The van der Waals surface area contributed by atoms with Crippen LogP contribution in [-0.2, 0) is 0 Å². The van der Waals surface area contributed by atoms with Crippen LogP contribution in [0, 0.1) is 10.1 Å². The van der Waals surface area contributed by atoms with E-state index in [1.165, 1.54) is 12.6 Å². The minimum atomic E-state index is -0.401. The third-order valence-corrected chi connectivity index (χ3v) is 3.43. The summed E-state index contributed by atoms with van der Waals surface area (Å²) >= 11 is 0. The molecule has 1 aliphatic rings. The molecule has 0 spiro atoms. The Kier molecular flexibility index (Phi) is 4.09. The molecule has 1 N–H and O–H groups in total. The van der Waals surface area contributed by atoms with Gasteiger partial charge in [0.15, 0.2) is 0 Å². The van der Waals surface area contributed by atoms with E-state index in [9.17, 15) is 10.1 Å². The van der Waals surface area contributed by atoms with Crippen molar-refractivity contribution in [1.29, 1.82) is 0 Å². The predicted octanol–water partition coefficient (Wildman–Crippen LogP) is 1.89. The van der Waals surface area contributed by atoms with Crippen molar-refractivity contribution in [3.8, 4) is 0 Å². The van der Waals surface area contributed by atoms with E-state index < -0.39 is 4.92 Å². The first-order valence-electron chi connectivity index (χ1n) is 6.28. The molecule has 0 aliphatic carbocycles. The van der Waals surface area contributed by atoms with Crippen molar-refractivity contribution in [2.75, 3.05) is 25.0 Å². The number of pyridine rings is 1. The van der Waals surface area contributed by atoms with Gasteiger partial charge in [-0.1, -0.05) is 6.92 Å². The summed E-state index contributed by atoms with van der Waals surface area (Å²) in [4.78, 5) is 16.6. The van der Waals surface area contributed by atoms with Crippen molar-refractivity contribution < 1.29 is 4.92 Å². The van der Waals surface area contributed by atoms with E-state index in [0.717, 1.165) is 26.1 Å². The van der Waals surface area contributed by atoms with E-state index >= 15 is 0 Å². The van der Waals surface area contributed by atoms with Crippen molar-refractivity contribution >= 4 is 11.4 Å². The van der Waals surface area contributed by atoms with E-state index in [1.54, 1.807) is 12.3 Å². The maximum absolute atomic E-state index is 10.9. The number of likely N-dealkylation sites (tertiary alicyclic amines) is 1. The number of aromatic nitrogens is 1. The van der Waals surface area contributed by atoms with Gasteiger partial charge in [0, 0.05) is 18.8 Å². The summed E-state index contributed by atoms with van der Waals surface area (Å²) in [5, 5.41) is 14.0. The van der Waals surface area contributed by atoms with Crippen molar-refractivity contribution in [1.82, 2.24) is 9.88 Å². The van der Waals surface area contributed by atoms with Crippen LogP contribution < -0.4 is 5.32 Å². The fraction of sp³-hybridized carbons (Fsp3) is 0.583. The van der Waals surface area contributed by atoms with Gasteiger partial charge in [-0.3, -0.25) is 20.0 Å². The van der Waals surface area contributed by atoms with Crippen LogP contribution in [0.5, 0.6) is 0 Å². The molecule has 0 bridgehead atoms. The fourth-order valence-electron chi connectivity index (χ4n) is 2.45. The topological polar surface area (TPSA) is 71.3 Å². The highest BCUT2D eigenvalue weighted by Crippen LogP contribution is 2.23. The molecular weight excluding hydrogens is 232 g/mol. The molecule has 1 fully saturated rings. The molecule has 1 aromatic rings. The third kappa shape index (κ3) is 2.76. The molecule has 0 saturated carbocycles. The molecule has 0 amide bonds. The standard InChI is InChI=1S/C12H18N4O2/c1-2-15-7-3-4-10(15)8-14-11-5-6-13-9-12(11)16(17)18/h5-6,9-10H,2-4,7-8H2,1H3,(H,13,14). The SMILES string of the molecule is CCN1CCCC1CNc1ccncc1[N+](=O)[O-]. The van der Waals surface area contributed by atoms with Gasteiger partial charge in [0.1, 0.15) is 11.9 Å². The lowest BCUT2D eigenvalue weighted by Gasteiger charge is -2.23. The first-order chi connectivity index (χ1) is 8.72. The summed E-state index contributed by atoms with van der Waals surface area (Å²) in [5.41, 5.74) is 0.594. The summed E-state index contributed by atoms with van der Waals surface area (Å²) in [7, 11) is 0. The van der Waals surface area contributed by atoms with Crippen LogP contribution >= 0.6 is 0 Å². The van der Waals surface area contributed by atoms with E-state index in [1.807, 2.05) is 0 Å². The molecule has 18 heavy (non-hydrogen) atoms. The minimum Gasteiger partial charge on any atom is -0.378 e. The molecule has 0 radical (unpaired) electrons. The zero-order chi connectivity index (χ0) is 13.0. The van der Waals surface area contributed by atoms with Crippen LogP contribution in [0.15, 0.2) is 18.5 Å². The smallest absolute Gasteiger partial charge is 0.310 e. The first kappa shape index (κ1) is 12.8. The monoisotopic (exact) mass is 250 g/mol. The van der Waals surface area contributed by atoms with Gasteiger partial charge in [-0.2, -0.15) is 0 Å². The van der Waals surface area contributed by atoms with E-state index in [4.69, 9.17) is 0 Å². The molecule has 98 valence electrons. The zero-order valence-corrected chi connectivity index (χ0v) is 10.5. The Balaban J connectivity index is 2.00. The third-order valence-electron chi connectivity index (χ3n) is 3.43. The molecule has 0 aromatic carbocycles. The van der Waals surface area contributed by atoms with Crippen LogP contribution in [-0.4, -0.2) is 40.5 Å². The highest BCUT2D eigenvalue weighted by Gasteiger charge is 2.23. The van der Waals surface area contributed by atoms with E-state index in [-0.39, 0.29) is 5.69 Å². The molecule has 1 aromatic heterocycles. The number of hydrogen-bond donors (Lipinski definition) is 1. The van der Waals surface area contributed by atoms with Crippen LogP contribution in [0.25, 0.3) is 0 Å². The van der Waals surface area contributed by atoms with Gasteiger partial charge < -0.3 is 5.32 Å². The lowest BCUT2D eigenvalue weighted by molar-refractivity contribution is -0.384. The second-order valence-corrected chi connectivity index (χ2v) is 4.46. The van der Waals surface area contributed by atoms with Crippen molar-refractivity contribution in [3.63, 3.8) is 0 Å². The number of hydrogen-bond acceptors (Lipinski definition) is 5. The van der Waals surface area contributed by atoms with Crippen molar-refractivity contribution in [3.05, 3.63) is 28.6 Å². The number of nitrogens with zero attached hydrogens (tertiary/aromatic N) is 3. The van der Waals surface area contributed by atoms with E-state index in [0.29, 0.717) is 11.7 Å². The number of nitro groups is 1. The predicted molar refractivity (Wildman–Crippen MR) is 69.7 cm³/mol. The van der Waals surface area contributed by atoms with E-state index in [2.05, 4.69) is 22.1 Å². The maximum atomic E-state index is 10.9. The number of rotatable bonds is 5. The first-order valence-corrected chi connectivity index (χ1v) is 6.28. The highest BCUT2D eigenvalue weighted by molar-refractivity contribution is 5.59. The summed E-state index contributed by atoms with van der Waals surface area (Å²) in [5.74, 6) is 0. The van der Waals surface area contributed by atoms with Gasteiger partial charge in [0.05, 0.1) is 4.92 Å². The van der Waals surface area contributed by atoms with Crippen LogP contribution in [0.2, 0.25) is 0 Å². The second kappa shape index (κ2) is 5.77. The molecule has 6 nitrogen and oxygen atoms in total. The molecule has 1 saturated heterocycles. The lowest BCUT2D eigenvalue weighted by atomic mass is 10.2. The quantitative estimate of drug-likeness (QED) is 0.638. The molecular formula is C12H18N4O2. The lowest BCUT2D eigenvalue weighted by Crippen LogP contribution is -2.34. The Morgan fingerprint density at radius 1 is 1.67 bits per heavy atom. The molecule has 1 aliphatic heterocycles. The molecule has 1 unspecified atom stereocenters. The summed E-state index contributed by atoms with van der Waals surface area (Å²) in [6.45, 7) is 5.05. The Labute approximate surface area is 106 Å². The normalized spacial score (nSPS) is 19.9. The number of nitrogens with one attached hydrogen (secondary N) is 1. The maximum Gasteiger partial charge on any atom is 0.310 e. The van der Waals surface area contributed by atoms with Gasteiger partial charge in [-0.05, 0) is 32.0 Å². The average Bonchev–Trinajstić information content (AvgIpc) is 2.84. The Morgan fingerprint density at radius 2 is 2.50 bits per heavy atom. The summed E-state index contributed by atoms with van der Waals surface area (Å²) in [6.07, 6.45) is 5.22. The van der Waals surface area contributed by atoms with Crippen LogP contribution in [0.4, 0.5) is 11.4 Å². The number of likely N-dealkylation sites (N-methyl/N-ethyl adjacent to an activating group) is 1. The molecule has 2 rings (SSSR count). The number of anilines is 1. The van der Waals surface area contributed by atoms with Crippen LogP contribution in [0.3, 0.4) is 0 Å². The summed E-state index contributed by atoms with van der Waals surface area (Å²) < 4.78 is 0. The van der Waals surface area contributed by atoms with Gasteiger partial charge in [0.25, 0.3) is 0 Å². The molecule has 1 atom stereocenters. The fourth-order valence-corrected chi connectivity index (χ4v) is 2.45. The Morgan fingerprint density at radius 3 is 3.22 bits per heavy atom. The van der Waals surface area contributed by atoms with Gasteiger partial charge in [0.2, 0.25) is 0 Å². The Bertz CT molecular complexity index is 424. The molecule has 2 heterocycles. The van der Waals surface area contributed by atoms with Gasteiger partial charge in [-0.25, -0.2) is 0 Å². The molecule has 6 heteroatoms. The van der Waals surface area contributed by atoms with Crippen LogP contribution in [0.1, 0.15) is 19.8 Å². The van der Waals surface area contributed by atoms with Crippen molar-refractivity contribution in [2.45, 2.75) is 25.8 Å². The second-order valence-electron chi connectivity index (χ2n) is 4.46. The van der Waals surface area contributed by atoms with Gasteiger partial charge >= 0.3 is 5.69 Å². The summed E-state index contributed by atoms with van der Waals surface area (Å²) in [6, 6.07) is 2.13. The zero-order valence-electron chi connectivity index (χ0n) is 10.5. The Hall–Kier alpha value is -1.69. The highest BCUT2D eigenvalue weighted by atomic mass is 16.6. The van der Waals surface area contributed by atoms with Gasteiger partial charge in [-0.15, -0.1) is 0 Å². The minimum absolute atomic E-state index is 0.0403. The average molecular weight is 250 g/mol.